The highest BCUT2D eigenvalue weighted by molar-refractivity contribution is 6.38. The standard InChI is InChI=1S/C22H26Cl2N4O/c1-5-10-26-12-20-21(25)15(2)28(19(13-27(3)4)11-18(24)14-29)22(20)16-6-8-17(23)9-7-16/h6-9,11-14,22,25-26H,2,5,10H2,1,3-4H3/b18-11+,19-13+,20-12+,25-21?. The first-order chi connectivity index (χ1) is 13.8. The van der Waals surface area contributed by atoms with Gasteiger partial charge in [-0.1, -0.05) is 48.8 Å². The number of halogens is 2. The minimum atomic E-state index is -0.310. The summed E-state index contributed by atoms with van der Waals surface area (Å²) in [6.45, 7) is 7.02. The summed E-state index contributed by atoms with van der Waals surface area (Å²) in [5.41, 5.74) is 3.23. The average Bonchev–Trinajstić information content (AvgIpc) is 2.92. The molecule has 1 aromatic carbocycles. The molecular weight excluding hydrogens is 407 g/mol. The van der Waals surface area contributed by atoms with Crippen LogP contribution in [0.5, 0.6) is 0 Å². The van der Waals surface area contributed by atoms with Gasteiger partial charge in [-0.15, -0.1) is 0 Å². The Labute approximate surface area is 182 Å². The van der Waals surface area contributed by atoms with Gasteiger partial charge in [0, 0.05) is 43.6 Å². The number of nitrogens with zero attached hydrogens (tertiary/aromatic N) is 2. The van der Waals surface area contributed by atoms with E-state index in [0.717, 1.165) is 24.1 Å². The Morgan fingerprint density at radius 1 is 1.34 bits per heavy atom. The van der Waals surface area contributed by atoms with Crippen LogP contribution in [0.15, 0.2) is 71.3 Å². The zero-order chi connectivity index (χ0) is 21.6. The van der Waals surface area contributed by atoms with Gasteiger partial charge in [-0.3, -0.25) is 10.2 Å². The molecule has 1 fully saturated rings. The fourth-order valence-electron chi connectivity index (χ4n) is 3.08. The maximum absolute atomic E-state index is 11.2. The van der Waals surface area contributed by atoms with Crippen molar-refractivity contribution in [3.63, 3.8) is 0 Å². The third kappa shape index (κ3) is 5.52. The number of carbonyl (C=O) groups is 1. The van der Waals surface area contributed by atoms with E-state index in [2.05, 4.69) is 18.8 Å². The van der Waals surface area contributed by atoms with Crippen molar-refractivity contribution < 1.29 is 4.79 Å². The van der Waals surface area contributed by atoms with Gasteiger partial charge in [-0.2, -0.15) is 0 Å². The maximum Gasteiger partial charge on any atom is 0.161 e. The van der Waals surface area contributed by atoms with Gasteiger partial charge in [0.15, 0.2) is 6.29 Å². The number of allylic oxidation sites excluding steroid dienone is 3. The number of benzene rings is 1. The number of nitrogens with one attached hydrogen (secondary N) is 2. The van der Waals surface area contributed by atoms with Gasteiger partial charge in [0.25, 0.3) is 0 Å². The van der Waals surface area contributed by atoms with Crippen LogP contribution in [0.1, 0.15) is 24.9 Å². The second kappa shape index (κ2) is 10.3. The number of rotatable bonds is 8. The lowest BCUT2D eigenvalue weighted by Gasteiger charge is -2.29. The third-order valence-electron chi connectivity index (χ3n) is 4.33. The minimum Gasteiger partial charge on any atom is -0.391 e. The molecule has 154 valence electrons. The van der Waals surface area contributed by atoms with Gasteiger partial charge >= 0.3 is 0 Å². The van der Waals surface area contributed by atoms with Crippen LogP contribution < -0.4 is 5.32 Å². The Morgan fingerprint density at radius 2 is 2.00 bits per heavy atom. The van der Waals surface area contributed by atoms with E-state index in [-0.39, 0.29) is 11.1 Å². The Hall–Kier alpha value is -2.50. The molecule has 0 aromatic heterocycles. The molecule has 1 heterocycles. The summed E-state index contributed by atoms with van der Waals surface area (Å²) in [6.07, 6.45) is 6.85. The van der Waals surface area contributed by atoms with Crippen molar-refractivity contribution in [2.75, 3.05) is 20.6 Å². The average molecular weight is 433 g/mol. The SMILES string of the molecule is C=C1C(=N)/C(=C\NCCC)C(c2ccc(Cl)cc2)N1C(/C=C(/Cl)C=O)=C/N(C)C. The summed E-state index contributed by atoms with van der Waals surface area (Å²) < 4.78 is 0. The number of carbonyl (C=O) groups excluding carboxylic acids is 1. The van der Waals surface area contributed by atoms with E-state index >= 15 is 0 Å². The molecule has 0 bridgehead atoms. The highest BCUT2D eigenvalue weighted by Crippen LogP contribution is 2.43. The van der Waals surface area contributed by atoms with Crippen molar-refractivity contribution >= 4 is 35.2 Å². The quantitative estimate of drug-likeness (QED) is 0.267. The fourth-order valence-corrected chi connectivity index (χ4v) is 3.32. The van der Waals surface area contributed by atoms with Crippen LogP contribution in [0.25, 0.3) is 0 Å². The Morgan fingerprint density at radius 3 is 2.55 bits per heavy atom. The summed E-state index contributed by atoms with van der Waals surface area (Å²) in [5, 5.41) is 12.6. The predicted molar refractivity (Wildman–Crippen MR) is 121 cm³/mol. The van der Waals surface area contributed by atoms with Crippen molar-refractivity contribution in [3.8, 4) is 0 Å². The van der Waals surface area contributed by atoms with Crippen molar-refractivity contribution in [1.29, 1.82) is 5.41 Å². The summed E-state index contributed by atoms with van der Waals surface area (Å²) in [7, 11) is 3.76. The smallest absolute Gasteiger partial charge is 0.161 e. The monoisotopic (exact) mass is 432 g/mol. The lowest BCUT2D eigenvalue weighted by molar-refractivity contribution is -0.104. The topological polar surface area (TPSA) is 59.4 Å². The van der Waals surface area contributed by atoms with Gasteiger partial charge in [-0.25, -0.2) is 0 Å². The van der Waals surface area contributed by atoms with Crippen LogP contribution in [0.3, 0.4) is 0 Å². The number of hydrogen-bond donors (Lipinski definition) is 2. The molecule has 0 spiro atoms. The van der Waals surface area contributed by atoms with Gasteiger partial charge in [0.1, 0.15) is 0 Å². The van der Waals surface area contributed by atoms with Crippen LogP contribution in [-0.2, 0) is 4.79 Å². The normalized spacial score (nSPS) is 19.1. The lowest BCUT2D eigenvalue weighted by Crippen LogP contribution is -2.23. The van der Waals surface area contributed by atoms with E-state index in [4.69, 9.17) is 28.6 Å². The van der Waals surface area contributed by atoms with Crippen LogP contribution in [-0.4, -0.2) is 42.4 Å². The minimum absolute atomic E-state index is 0.0637. The van der Waals surface area contributed by atoms with Gasteiger partial charge < -0.3 is 15.1 Å². The molecular formula is C22H26Cl2N4O. The van der Waals surface area contributed by atoms with Crippen molar-refractivity contribution in [1.82, 2.24) is 15.1 Å². The first kappa shape index (κ1) is 22.8. The molecule has 1 aliphatic heterocycles. The largest absolute Gasteiger partial charge is 0.391 e. The zero-order valence-corrected chi connectivity index (χ0v) is 18.4. The van der Waals surface area contributed by atoms with E-state index in [9.17, 15) is 4.79 Å². The molecule has 0 radical (unpaired) electrons. The molecule has 1 atom stereocenters. The molecule has 7 heteroatoms. The highest BCUT2D eigenvalue weighted by Gasteiger charge is 2.38. The third-order valence-corrected chi connectivity index (χ3v) is 4.78. The number of likely N-dealkylation sites (tertiary alicyclic amines) is 1. The van der Waals surface area contributed by atoms with E-state index in [1.807, 2.05) is 60.6 Å². The Balaban J connectivity index is 2.66. The molecule has 5 nitrogen and oxygen atoms in total. The molecule has 0 amide bonds. The van der Waals surface area contributed by atoms with E-state index in [1.54, 1.807) is 6.08 Å². The van der Waals surface area contributed by atoms with Crippen LogP contribution in [0, 0.1) is 5.41 Å². The van der Waals surface area contributed by atoms with Crippen LogP contribution in [0.2, 0.25) is 5.02 Å². The summed E-state index contributed by atoms with van der Waals surface area (Å²) in [6, 6.07) is 7.19. The van der Waals surface area contributed by atoms with Crippen molar-refractivity contribution in [2.45, 2.75) is 19.4 Å². The molecule has 1 aliphatic rings. The first-order valence-electron chi connectivity index (χ1n) is 9.27. The summed E-state index contributed by atoms with van der Waals surface area (Å²) in [5.74, 6) is 0. The Kier molecular flexibility index (Phi) is 8.11. The van der Waals surface area contributed by atoms with Gasteiger partial charge in [0.2, 0.25) is 0 Å². The second-order valence-corrected chi connectivity index (χ2v) is 7.74. The van der Waals surface area contributed by atoms with E-state index < -0.39 is 0 Å². The zero-order valence-electron chi connectivity index (χ0n) is 16.9. The molecule has 0 saturated carbocycles. The molecule has 1 unspecified atom stereocenters. The molecule has 1 saturated heterocycles. The first-order valence-corrected chi connectivity index (χ1v) is 10.0. The molecule has 29 heavy (non-hydrogen) atoms. The van der Waals surface area contributed by atoms with Crippen molar-refractivity contribution in [2.24, 2.45) is 0 Å². The highest BCUT2D eigenvalue weighted by atomic mass is 35.5. The number of aldehydes is 1. The van der Waals surface area contributed by atoms with Crippen LogP contribution >= 0.6 is 23.2 Å². The molecule has 1 aromatic rings. The van der Waals surface area contributed by atoms with E-state index in [1.165, 1.54) is 0 Å². The summed E-state index contributed by atoms with van der Waals surface area (Å²) >= 11 is 12.1. The number of hydrogen-bond acceptors (Lipinski definition) is 5. The molecule has 0 aliphatic carbocycles. The Bertz CT molecular complexity index is 869. The van der Waals surface area contributed by atoms with E-state index in [0.29, 0.717) is 28.4 Å². The predicted octanol–water partition coefficient (Wildman–Crippen LogP) is 4.84. The van der Waals surface area contributed by atoms with Gasteiger partial charge in [-0.05, 0) is 30.2 Å². The second-order valence-electron chi connectivity index (χ2n) is 6.86. The maximum atomic E-state index is 11.2. The van der Waals surface area contributed by atoms with Crippen molar-refractivity contribution in [3.05, 3.63) is 81.9 Å². The van der Waals surface area contributed by atoms with Crippen LogP contribution in [0.4, 0.5) is 0 Å². The fraction of sp³-hybridized carbons (Fsp3) is 0.273. The molecule has 2 rings (SSSR count). The summed E-state index contributed by atoms with van der Waals surface area (Å²) in [4.78, 5) is 14.9. The molecule has 2 N–H and O–H groups in total. The lowest BCUT2D eigenvalue weighted by atomic mass is 9.99. The van der Waals surface area contributed by atoms with Gasteiger partial charge in [0.05, 0.1) is 28.2 Å².